The van der Waals surface area contributed by atoms with E-state index in [9.17, 15) is 0 Å². The number of hydrogen-bond donors (Lipinski definition) is 2. The van der Waals surface area contributed by atoms with Crippen LogP contribution in [0.5, 0.6) is 0 Å². The first-order valence-corrected chi connectivity index (χ1v) is 5.90. The van der Waals surface area contributed by atoms with E-state index in [2.05, 4.69) is 33.0 Å². The highest BCUT2D eigenvalue weighted by molar-refractivity contribution is 4.67. The summed E-state index contributed by atoms with van der Waals surface area (Å²) in [6, 6.07) is 0.294. The summed E-state index contributed by atoms with van der Waals surface area (Å²) in [5.74, 6) is 1.44. The third-order valence-corrected chi connectivity index (χ3v) is 2.37. The summed E-state index contributed by atoms with van der Waals surface area (Å²) in [6.45, 7) is 10.2. The summed E-state index contributed by atoms with van der Waals surface area (Å²) in [5.41, 5.74) is 0. The van der Waals surface area contributed by atoms with E-state index in [1.54, 1.807) is 0 Å². The summed E-state index contributed by atoms with van der Waals surface area (Å²) in [6.07, 6.45) is 3.55. The Labute approximate surface area is 89.1 Å². The maximum absolute atomic E-state index is 9.12. The maximum atomic E-state index is 9.12. The van der Waals surface area contributed by atoms with Gasteiger partial charge in [-0.3, -0.25) is 0 Å². The molecule has 0 aliphatic rings. The van der Waals surface area contributed by atoms with E-state index in [0.29, 0.717) is 12.0 Å². The molecule has 0 aliphatic heterocycles. The van der Waals surface area contributed by atoms with Crippen LogP contribution in [0.25, 0.3) is 0 Å². The number of hydrogen-bond acceptors (Lipinski definition) is 2. The molecule has 2 N–H and O–H groups in total. The zero-order valence-corrected chi connectivity index (χ0v) is 10.2. The second-order valence-electron chi connectivity index (χ2n) is 5.00. The van der Waals surface area contributed by atoms with Crippen molar-refractivity contribution >= 4 is 0 Å². The number of rotatable bonds is 8. The Morgan fingerprint density at radius 1 is 1.07 bits per heavy atom. The normalized spacial score (nSPS) is 13.9. The molecule has 0 radical (unpaired) electrons. The van der Waals surface area contributed by atoms with Gasteiger partial charge in [-0.25, -0.2) is 0 Å². The van der Waals surface area contributed by atoms with Crippen LogP contribution in [0.15, 0.2) is 0 Å². The minimum atomic E-state index is 0.264. The predicted molar refractivity (Wildman–Crippen MR) is 62.4 cm³/mol. The van der Waals surface area contributed by atoms with Gasteiger partial charge in [0.1, 0.15) is 0 Å². The third-order valence-electron chi connectivity index (χ3n) is 2.37. The van der Waals surface area contributed by atoms with Gasteiger partial charge in [0.15, 0.2) is 0 Å². The lowest BCUT2D eigenvalue weighted by Gasteiger charge is -2.18. The average molecular weight is 201 g/mol. The highest BCUT2D eigenvalue weighted by atomic mass is 16.3. The lowest BCUT2D eigenvalue weighted by Crippen LogP contribution is -2.34. The Balaban J connectivity index is 3.43. The van der Waals surface area contributed by atoms with E-state index in [1.807, 2.05) is 0 Å². The Kier molecular flexibility index (Phi) is 8.20. The minimum absolute atomic E-state index is 0.264. The summed E-state index contributed by atoms with van der Waals surface area (Å²) < 4.78 is 0. The second kappa shape index (κ2) is 8.25. The van der Waals surface area contributed by atoms with Crippen LogP contribution < -0.4 is 5.32 Å². The molecule has 0 aromatic carbocycles. The van der Waals surface area contributed by atoms with E-state index in [1.165, 1.54) is 12.8 Å². The summed E-state index contributed by atoms with van der Waals surface area (Å²) in [7, 11) is 0. The highest BCUT2D eigenvalue weighted by Crippen LogP contribution is 2.05. The molecule has 1 atom stereocenters. The molecule has 0 heterocycles. The third kappa shape index (κ3) is 8.52. The Hall–Kier alpha value is -0.0800. The Morgan fingerprint density at radius 2 is 1.71 bits per heavy atom. The first-order valence-electron chi connectivity index (χ1n) is 5.90. The standard InChI is InChI=1S/C12H27NO/c1-10(2)6-5-7-13-12(9-14)8-11(3)4/h10-14H,5-9H2,1-4H3. The van der Waals surface area contributed by atoms with E-state index in [-0.39, 0.29) is 6.61 Å². The number of nitrogens with one attached hydrogen (secondary N) is 1. The first-order chi connectivity index (χ1) is 6.56. The van der Waals surface area contributed by atoms with Crippen molar-refractivity contribution in [3.05, 3.63) is 0 Å². The van der Waals surface area contributed by atoms with Crippen LogP contribution >= 0.6 is 0 Å². The monoisotopic (exact) mass is 201 g/mol. The van der Waals surface area contributed by atoms with E-state index < -0.39 is 0 Å². The van der Waals surface area contributed by atoms with Gasteiger partial charge in [-0.15, -0.1) is 0 Å². The molecule has 0 fully saturated rings. The van der Waals surface area contributed by atoms with Crippen LogP contribution in [-0.2, 0) is 0 Å². The van der Waals surface area contributed by atoms with Gasteiger partial charge in [-0.2, -0.15) is 0 Å². The summed E-state index contributed by atoms with van der Waals surface area (Å²) in [5, 5.41) is 12.5. The van der Waals surface area contributed by atoms with E-state index in [0.717, 1.165) is 18.9 Å². The van der Waals surface area contributed by atoms with Gasteiger partial charge in [-0.1, -0.05) is 27.7 Å². The molecule has 0 amide bonds. The zero-order valence-electron chi connectivity index (χ0n) is 10.2. The van der Waals surface area contributed by atoms with Gasteiger partial charge in [0.25, 0.3) is 0 Å². The average Bonchev–Trinajstić information content (AvgIpc) is 2.09. The molecule has 0 saturated carbocycles. The molecular formula is C12H27NO. The van der Waals surface area contributed by atoms with E-state index >= 15 is 0 Å². The van der Waals surface area contributed by atoms with Crippen LogP contribution in [0.2, 0.25) is 0 Å². The number of aliphatic hydroxyl groups is 1. The summed E-state index contributed by atoms with van der Waals surface area (Å²) >= 11 is 0. The van der Waals surface area contributed by atoms with Crippen LogP contribution in [0, 0.1) is 11.8 Å². The van der Waals surface area contributed by atoms with Gasteiger partial charge in [0, 0.05) is 6.04 Å². The van der Waals surface area contributed by atoms with Crippen molar-refractivity contribution in [1.82, 2.24) is 5.32 Å². The van der Waals surface area contributed by atoms with Crippen molar-refractivity contribution in [3.8, 4) is 0 Å². The van der Waals surface area contributed by atoms with Crippen LogP contribution in [0.3, 0.4) is 0 Å². The summed E-state index contributed by atoms with van der Waals surface area (Å²) in [4.78, 5) is 0. The topological polar surface area (TPSA) is 32.3 Å². The van der Waals surface area contributed by atoms with Crippen molar-refractivity contribution in [1.29, 1.82) is 0 Å². The molecule has 1 unspecified atom stereocenters. The van der Waals surface area contributed by atoms with Gasteiger partial charge in [0.2, 0.25) is 0 Å². The SMILES string of the molecule is CC(C)CCCNC(CO)CC(C)C. The van der Waals surface area contributed by atoms with Crippen molar-refractivity contribution in [2.75, 3.05) is 13.2 Å². The lowest BCUT2D eigenvalue weighted by molar-refractivity contribution is 0.223. The molecule has 0 spiro atoms. The second-order valence-corrected chi connectivity index (χ2v) is 5.00. The molecule has 86 valence electrons. The molecule has 14 heavy (non-hydrogen) atoms. The predicted octanol–water partition coefficient (Wildman–Crippen LogP) is 2.42. The smallest absolute Gasteiger partial charge is 0.0584 e. The Bertz CT molecular complexity index is 123. The molecule has 2 heteroatoms. The molecular weight excluding hydrogens is 174 g/mol. The quantitative estimate of drug-likeness (QED) is 0.591. The fourth-order valence-corrected chi connectivity index (χ4v) is 1.61. The van der Waals surface area contributed by atoms with Crippen LogP contribution in [-0.4, -0.2) is 24.3 Å². The maximum Gasteiger partial charge on any atom is 0.0584 e. The first kappa shape index (κ1) is 13.9. The zero-order chi connectivity index (χ0) is 11.0. The van der Waals surface area contributed by atoms with Gasteiger partial charge in [0.05, 0.1) is 6.61 Å². The molecule has 0 saturated heterocycles. The minimum Gasteiger partial charge on any atom is -0.395 e. The lowest BCUT2D eigenvalue weighted by atomic mass is 10.0. The molecule has 0 rings (SSSR count). The molecule has 0 aliphatic carbocycles. The Morgan fingerprint density at radius 3 is 2.14 bits per heavy atom. The fraction of sp³-hybridized carbons (Fsp3) is 1.00. The van der Waals surface area contributed by atoms with Crippen molar-refractivity contribution in [2.24, 2.45) is 11.8 Å². The fourth-order valence-electron chi connectivity index (χ4n) is 1.61. The molecule has 0 aromatic heterocycles. The van der Waals surface area contributed by atoms with Crippen molar-refractivity contribution in [3.63, 3.8) is 0 Å². The largest absolute Gasteiger partial charge is 0.395 e. The number of aliphatic hydroxyl groups excluding tert-OH is 1. The highest BCUT2D eigenvalue weighted by Gasteiger charge is 2.08. The van der Waals surface area contributed by atoms with Crippen LogP contribution in [0.1, 0.15) is 47.0 Å². The van der Waals surface area contributed by atoms with E-state index in [4.69, 9.17) is 5.11 Å². The van der Waals surface area contributed by atoms with Crippen LogP contribution in [0.4, 0.5) is 0 Å². The molecule has 0 aromatic rings. The molecule has 2 nitrogen and oxygen atoms in total. The van der Waals surface area contributed by atoms with Crippen molar-refractivity contribution in [2.45, 2.75) is 53.0 Å². The van der Waals surface area contributed by atoms with Gasteiger partial charge in [-0.05, 0) is 37.6 Å². The van der Waals surface area contributed by atoms with Crippen molar-refractivity contribution < 1.29 is 5.11 Å². The molecule has 0 bridgehead atoms. The van der Waals surface area contributed by atoms with Gasteiger partial charge < -0.3 is 10.4 Å². The van der Waals surface area contributed by atoms with Gasteiger partial charge >= 0.3 is 0 Å².